The highest BCUT2D eigenvalue weighted by Gasteiger charge is 2.73. The van der Waals surface area contributed by atoms with E-state index in [4.69, 9.17) is 0 Å². The van der Waals surface area contributed by atoms with Crippen molar-refractivity contribution in [1.29, 1.82) is 0 Å². The Morgan fingerprint density at radius 3 is 2.25 bits per heavy atom. The van der Waals surface area contributed by atoms with Crippen LogP contribution in [0.3, 0.4) is 0 Å². The number of imide groups is 1. The number of hydrogen-bond donors (Lipinski definition) is 2. The van der Waals surface area contributed by atoms with Gasteiger partial charge in [0.25, 0.3) is 0 Å². The van der Waals surface area contributed by atoms with Crippen molar-refractivity contribution in [3.05, 3.63) is 12.2 Å². The number of allylic oxidation sites excluding steroid dienone is 1. The van der Waals surface area contributed by atoms with Crippen LogP contribution in [0.4, 0.5) is 0 Å². The van der Waals surface area contributed by atoms with Gasteiger partial charge in [-0.2, -0.15) is 0 Å². The summed E-state index contributed by atoms with van der Waals surface area (Å²) in [5, 5.41) is 5.60. The summed E-state index contributed by atoms with van der Waals surface area (Å²) < 4.78 is 0. The first kappa shape index (κ1) is 22.6. The van der Waals surface area contributed by atoms with E-state index in [0.717, 1.165) is 31.3 Å². The maximum absolute atomic E-state index is 12.7. The maximum atomic E-state index is 12.7. The minimum absolute atomic E-state index is 0.0848. The summed E-state index contributed by atoms with van der Waals surface area (Å²) in [5.41, 5.74) is -0.327. The van der Waals surface area contributed by atoms with Crippen LogP contribution in [0.15, 0.2) is 12.2 Å². The third-order valence-electron chi connectivity index (χ3n) is 8.20. The largest absolute Gasteiger partial charge is 0.356 e. The summed E-state index contributed by atoms with van der Waals surface area (Å²) in [6.07, 6.45) is 5.59. The van der Waals surface area contributed by atoms with Crippen molar-refractivity contribution < 1.29 is 14.4 Å². The molecule has 2 rings (SSSR count). The predicted molar refractivity (Wildman–Crippen MR) is 111 cm³/mol. The van der Waals surface area contributed by atoms with Crippen LogP contribution < -0.4 is 10.6 Å². The molecule has 0 aromatic carbocycles. The van der Waals surface area contributed by atoms with Crippen LogP contribution in [0.1, 0.15) is 80.1 Å². The highest BCUT2D eigenvalue weighted by Crippen LogP contribution is 2.72. The first-order valence-electron chi connectivity index (χ1n) is 10.7. The molecule has 2 aliphatic rings. The number of hydrogen-bond acceptors (Lipinski definition) is 3. The lowest BCUT2D eigenvalue weighted by atomic mass is 9.53. The van der Waals surface area contributed by atoms with E-state index < -0.39 is 16.7 Å². The smallest absolute Gasteiger partial charge is 0.231 e. The Labute approximate surface area is 170 Å². The summed E-state index contributed by atoms with van der Waals surface area (Å²) in [5.74, 6) is -1.03. The van der Waals surface area contributed by atoms with Crippen molar-refractivity contribution in [2.24, 2.45) is 28.1 Å². The Bertz CT molecular complexity index is 669. The van der Waals surface area contributed by atoms with Gasteiger partial charge in [-0.05, 0) is 30.6 Å². The van der Waals surface area contributed by atoms with Gasteiger partial charge in [-0.1, -0.05) is 66.0 Å². The number of carbonyl (C=O) groups excluding carboxylic acids is 3. The Kier molecular flexibility index (Phi) is 6.47. The number of amides is 3. The van der Waals surface area contributed by atoms with Crippen molar-refractivity contribution in [3.63, 3.8) is 0 Å². The second kappa shape index (κ2) is 8.00. The lowest BCUT2D eigenvalue weighted by Gasteiger charge is -2.51. The van der Waals surface area contributed by atoms with Crippen molar-refractivity contribution >= 4 is 17.7 Å². The van der Waals surface area contributed by atoms with Crippen molar-refractivity contribution in [2.75, 3.05) is 6.54 Å². The Balaban J connectivity index is 2.16. The molecule has 1 heterocycles. The van der Waals surface area contributed by atoms with Gasteiger partial charge < -0.3 is 5.32 Å². The second-order valence-electron chi connectivity index (χ2n) is 9.76. The molecular weight excluding hydrogens is 352 g/mol. The van der Waals surface area contributed by atoms with E-state index in [-0.39, 0.29) is 29.1 Å². The number of carbonyl (C=O) groups is 3. The summed E-state index contributed by atoms with van der Waals surface area (Å²) >= 11 is 0. The third kappa shape index (κ3) is 3.31. The first-order chi connectivity index (χ1) is 12.9. The van der Waals surface area contributed by atoms with Gasteiger partial charge in [0.1, 0.15) is 0 Å². The minimum Gasteiger partial charge on any atom is -0.356 e. The summed E-state index contributed by atoms with van der Waals surface area (Å²) in [6, 6.07) is 0. The number of nitrogens with one attached hydrogen (secondary N) is 2. The molecule has 2 N–H and O–H groups in total. The molecule has 4 atom stereocenters. The molecule has 1 aliphatic carbocycles. The molecule has 5 nitrogen and oxygen atoms in total. The zero-order valence-electron chi connectivity index (χ0n) is 18.5. The molecule has 158 valence electrons. The molecule has 3 amide bonds. The zero-order chi connectivity index (χ0) is 21.3. The quantitative estimate of drug-likeness (QED) is 0.355. The molecule has 0 bridgehead atoms. The van der Waals surface area contributed by atoms with Crippen molar-refractivity contribution in [3.8, 4) is 0 Å². The fraction of sp³-hybridized carbons (Fsp3) is 0.783. The molecule has 0 spiro atoms. The molecule has 0 aromatic heterocycles. The van der Waals surface area contributed by atoms with Gasteiger partial charge in [0.05, 0.1) is 11.8 Å². The highest BCUT2D eigenvalue weighted by molar-refractivity contribution is 6.06. The highest BCUT2D eigenvalue weighted by atomic mass is 16.2. The van der Waals surface area contributed by atoms with Crippen LogP contribution in [0.5, 0.6) is 0 Å². The molecule has 1 aliphatic heterocycles. The Morgan fingerprint density at radius 1 is 1.07 bits per heavy atom. The van der Waals surface area contributed by atoms with E-state index in [1.807, 2.05) is 6.92 Å². The van der Waals surface area contributed by atoms with E-state index in [1.54, 1.807) is 0 Å². The van der Waals surface area contributed by atoms with Gasteiger partial charge in [-0.25, -0.2) is 0 Å². The molecule has 2 fully saturated rings. The average Bonchev–Trinajstić information content (AvgIpc) is 2.98. The summed E-state index contributed by atoms with van der Waals surface area (Å²) in [4.78, 5) is 37.5. The van der Waals surface area contributed by atoms with Crippen LogP contribution in [0, 0.1) is 28.1 Å². The fourth-order valence-corrected chi connectivity index (χ4v) is 5.85. The van der Waals surface area contributed by atoms with Crippen LogP contribution in [-0.4, -0.2) is 24.3 Å². The van der Waals surface area contributed by atoms with Gasteiger partial charge in [0, 0.05) is 18.4 Å². The molecule has 0 radical (unpaired) electrons. The molecular formula is C23H38N2O3. The van der Waals surface area contributed by atoms with Gasteiger partial charge in [0.15, 0.2) is 0 Å². The van der Waals surface area contributed by atoms with Gasteiger partial charge in [-0.15, -0.1) is 0 Å². The van der Waals surface area contributed by atoms with Crippen LogP contribution in [0.25, 0.3) is 0 Å². The monoisotopic (exact) mass is 390 g/mol. The normalized spacial score (nSPS) is 33.5. The van der Waals surface area contributed by atoms with Crippen molar-refractivity contribution in [2.45, 2.75) is 80.1 Å². The first-order valence-corrected chi connectivity index (χ1v) is 10.7. The van der Waals surface area contributed by atoms with E-state index in [9.17, 15) is 14.4 Å². The van der Waals surface area contributed by atoms with E-state index in [0.29, 0.717) is 19.4 Å². The van der Waals surface area contributed by atoms with Crippen LogP contribution in [-0.2, 0) is 14.4 Å². The molecule has 1 saturated heterocycles. The molecule has 4 unspecified atom stereocenters. The van der Waals surface area contributed by atoms with Crippen LogP contribution in [0.2, 0.25) is 0 Å². The molecule has 28 heavy (non-hydrogen) atoms. The van der Waals surface area contributed by atoms with E-state index in [2.05, 4.69) is 51.8 Å². The predicted octanol–water partition coefficient (Wildman–Crippen LogP) is 3.98. The van der Waals surface area contributed by atoms with Crippen LogP contribution >= 0.6 is 0 Å². The maximum Gasteiger partial charge on any atom is 0.231 e. The topological polar surface area (TPSA) is 75.3 Å². The van der Waals surface area contributed by atoms with E-state index in [1.165, 1.54) is 0 Å². The van der Waals surface area contributed by atoms with Crippen molar-refractivity contribution in [1.82, 2.24) is 10.6 Å². The van der Waals surface area contributed by atoms with Gasteiger partial charge in [0.2, 0.25) is 17.7 Å². The molecule has 5 heteroatoms. The van der Waals surface area contributed by atoms with E-state index >= 15 is 0 Å². The SMILES string of the molecule is C=C(C)C1(C)C2C(=O)NC(=O)C2C(C)(C)C1(C)CCNC(=O)CCCCCC. The Hall–Kier alpha value is -1.65. The fourth-order valence-electron chi connectivity index (χ4n) is 5.85. The summed E-state index contributed by atoms with van der Waals surface area (Å²) in [6.45, 7) is 17.3. The molecule has 0 aromatic rings. The number of rotatable bonds is 9. The standard InChI is InChI=1S/C23H38N2O3/c1-8-9-10-11-12-16(26)24-14-13-22(6)21(4,5)17-18(20(28)25-19(17)27)23(22,7)15(2)3/h17-18H,2,8-14H2,1,3-7H3,(H,24,26)(H,25,27,28). The van der Waals surface area contributed by atoms with Gasteiger partial charge in [-0.3, -0.25) is 19.7 Å². The minimum atomic E-state index is -0.511. The average molecular weight is 391 g/mol. The number of unbranched alkanes of at least 4 members (excludes halogenated alkanes) is 3. The second-order valence-corrected chi connectivity index (χ2v) is 9.76. The molecule has 1 saturated carbocycles. The zero-order valence-corrected chi connectivity index (χ0v) is 18.5. The summed E-state index contributed by atoms with van der Waals surface area (Å²) in [7, 11) is 0. The lowest BCUT2D eigenvalue weighted by molar-refractivity contribution is -0.131. The number of fused-ring (bicyclic) bond motifs is 1. The Morgan fingerprint density at radius 2 is 1.68 bits per heavy atom. The lowest BCUT2D eigenvalue weighted by Crippen LogP contribution is -2.49. The van der Waals surface area contributed by atoms with Gasteiger partial charge >= 0.3 is 0 Å². The third-order valence-corrected chi connectivity index (χ3v) is 8.20.